The van der Waals surface area contributed by atoms with Crippen molar-refractivity contribution in [2.75, 3.05) is 25.1 Å². The van der Waals surface area contributed by atoms with Gasteiger partial charge in [-0.05, 0) is 42.8 Å². The van der Waals surface area contributed by atoms with Crippen molar-refractivity contribution in [1.82, 2.24) is 0 Å². The molecular weight excluding hydrogens is 382 g/mol. The van der Waals surface area contributed by atoms with Crippen LogP contribution in [0.3, 0.4) is 0 Å². The second-order valence-electron chi connectivity index (χ2n) is 5.36. The Kier molecular flexibility index (Phi) is 5.99. The lowest BCUT2D eigenvalue weighted by molar-refractivity contribution is -0.303. The molecule has 2 aromatic carbocycles. The summed E-state index contributed by atoms with van der Waals surface area (Å²) in [5.74, 6) is -1.14. The summed E-state index contributed by atoms with van der Waals surface area (Å²) in [5, 5.41) is 11.3. The average Bonchev–Trinajstić information content (AvgIpc) is 2.59. The van der Waals surface area contributed by atoms with Crippen molar-refractivity contribution in [3.8, 4) is 11.5 Å². The van der Waals surface area contributed by atoms with Gasteiger partial charge >= 0.3 is 0 Å². The Morgan fingerprint density at radius 3 is 2.27 bits per heavy atom. The van der Waals surface area contributed by atoms with Crippen molar-refractivity contribution < 1.29 is 27.8 Å². The van der Waals surface area contributed by atoms with E-state index in [4.69, 9.17) is 21.1 Å². The second-order valence-corrected chi connectivity index (χ2v) is 7.59. The minimum Gasteiger partial charge on any atom is -0.548 e. The molecule has 0 atom stereocenters. The molecule has 0 saturated carbocycles. The Morgan fingerprint density at radius 2 is 1.73 bits per heavy atom. The van der Waals surface area contributed by atoms with Gasteiger partial charge in [-0.25, -0.2) is 8.42 Å². The van der Waals surface area contributed by atoms with E-state index in [0.717, 1.165) is 0 Å². The Labute approximate surface area is 156 Å². The smallest absolute Gasteiger partial charge is 0.268 e. The number of sulfonamides is 1. The van der Waals surface area contributed by atoms with E-state index < -0.39 is 22.5 Å². The van der Waals surface area contributed by atoms with E-state index >= 15 is 0 Å². The molecule has 0 fully saturated rings. The van der Waals surface area contributed by atoms with E-state index in [2.05, 4.69) is 0 Å². The predicted octanol–water partition coefficient (Wildman–Crippen LogP) is 1.61. The first-order valence-electron chi connectivity index (χ1n) is 7.41. The largest absolute Gasteiger partial charge is 0.548 e. The van der Waals surface area contributed by atoms with Gasteiger partial charge in [0.05, 0.1) is 37.4 Å². The third kappa shape index (κ3) is 4.03. The van der Waals surface area contributed by atoms with Crippen LogP contribution in [0, 0.1) is 6.92 Å². The molecule has 0 aliphatic carbocycles. The number of carboxylic acid groups (broad SMARTS) is 1. The van der Waals surface area contributed by atoms with Gasteiger partial charge in [0, 0.05) is 0 Å². The van der Waals surface area contributed by atoms with Crippen LogP contribution in [0.2, 0.25) is 5.02 Å². The molecule has 2 rings (SSSR count). The first-order valence-corrected chi connectivity index (χ1v) is 9.23. The van der Waals surface area contributed by atoms with Crippen LogP contribution in [0.25, 0.3) is 0 Å². The molecule has 140 valence electrons. The van der Waals surface area contributed by atoms with Gasteiger partial charge in [0.1, 0.15) is 16.4 Å². The van der Waals surface area contributed by atoms with E-state index in [-0.39, 0.29) is 21.4 Å². The number of carboxylic acids is 1. The van der Waals surface area contributed by atoms with Gasteiger partial charge in [-0.2, -0.15) is 0 Å². The zero-order valence-corrected chi connectivity index (χ0v) is 15.9. The van der Waals surface area contributed by atoms with Crippen LogP contribution in [-0.4, -0.2) is 35.2 Å². The minimum absolute atomic E-state index is 0.0589. The summed E-state index contributed by atoms with van der Waals surface area (Å²) < 4.78 is 37.2. The standard InChI is InChI=1S/C17H18ClNO6S/c1-11-4-6-15(25-3)16(8-11)26(22,23)19(10-17(20)21)12-5-7-14(24-2)13(18)9-12/h4-9H,10H2,1-3H3,(H,20,21)/p-1. The number of halogens is 1. The van der Waals surface area contributed by atoms with Crippen LogP contribution < -0.4 is 18.9 Å². The van der Waals surface area contributed by atoms with E-state index in [1.807, 2.05) is 0 Å². The number of nitrogens with zero attached hydrogens (tertiary/aromatic N) is 1. The number of aliphatic carboxylic acids is 1. The molecule has 9 heteroatoms. The number of anilines is 1. The summed E-state index contributed by atoms with van der Waals surface area (Å²) in [6, 6.07) is 8.74. The number of hydrogen-bond acceptors (Lipinski definition) is 6. The van der Waals surface area contributed by atoms with Gasteiger partial charge in [-0.15, -0.1) is 0 Å². The Morgan fingerprint density at radius 1 is 1.12 bits per heavy atom. The number of carbonyl (C=O) groups excluding carboxylic acids is 1. The fourth-order valence-corrected chi connectivity index (χ4v) is 4.24. The summed E-state index contributed by atoms with van der Waals surface area (Å²) in [4.78, 5) is 11.0. The zero-order valence-electron chi connectivity index (χ0n) is 14.4. The predicted molar refractivity (Wildman–Crippen MR) is 95.3 cm³/mol. The van der Waals surface area contributed by atoms with Crippen LogP contribution in [0.15, 0.2) is 41.3 Å². The highest BCUT2D eigenvalue weighted by Gasteiger charge is 2.29. The quantitative estimate of drug-likeness (QED) is 0.703. The molecule has 0 aromatic heterocycles. The van der Waals surface area contributed by atoms with Crippen molar-refractivity contribution in [2.45, 2.75) is 11.8 Å². The maximum atomic E-state index is 13.1. The third-order valence-electron chi connectivity index (χ3n) is 3.58. The monoisotopic (exact) mass is 398 g/mol. The minimum atomic E-state index is -4.26. The summed E-state index contributed by atoms with van der Waals surface area (Å²) in [5.41, 5.74) is 0.731. The average molecular weight is 399 g/mol. The highest BCUT2D eigenvalue weighted by atomic mass is 35.5. The molecule has 0 bridgehead atoms. The lowest BCUT2D eigenvalue weighted by Gasteiger charge is -2.26. The number of carbonyl (C=O) groups is 1. The van der Waals surface area contributed by atoms with Crippen molar-refractivity contribution >= 4 is 33.3 Å². The second kappa shape index (κ2) is 7.84. The SMILES string of the molecule is COc1ccc(N(CC(=O)[O-])S(=O)(=O)c2cc(C)ccc2OC)cc1Cl. The normalized spacial score (nSPS) is 11.1. The van der Waals surface area contributed by atoms with E-state index in [1.54, 1.807) is 13.0 Å². The van der Waals surface area contributed by atoms with Gasteiger partial charge in [0.15, 0.2) is 0 Å². The van der Waals surface area contributed by atoms with E-state index in [9.17, 15) is 18.3 Å². The van der Waals surface area contributed by atoms with Crippen LogP contribution >= 0.6 is 11.6 Å². The Bertz CT molecular complexity index is 929. The number of aryl methyl sites for hydroxylation is 1. The van der Waals surface area contributed by atoms with Crippen LogP contribution in [0.1, 0.15) is 5.56 Å². The number of rotatable bonds is 7. The molecule has 0 spiro atoms. The molecule has 0 amide bonds. The van der Waals surface area contributed by atoms with Crippen LogP contribution in [0.4, 0.5) is 5.69 Å². The maximum Gasteiger partial charge on any atom is 0.268 e. The fourth-order valence-electron chi connectivity index (χ4n) is 2.35. The highest BCUT2D eigenvalue weighted by Crippen LogP contribution is 2.34. The Hall–Kier alpha value is -2.45. The van der Waals surface area contributed by atoms with Gasteiger partial charge < -0.3 is 19.4 Å². The van der Waals surface area contributed by atoms with Gasteiger partial charge in [-0.3, -0.25) is 4.31 Å². The van der Waals surface area contributed by atoms with Crippen molar-refractivity contribution in [3.63, 3.8) is 0 Å². The third-order valence-corrected chi connectivity index (χ3v) is 5.67. The number of hydrogen-bond donors (Lipinski definition) is 0. The van der Waals surface area contributed by atoms with Crippen LogP contribution in [-0.2, 0) is 14.8 Å². The first kappa shape index (κ1) is 19.9. The summed E-state index contributed by atoms with van der Waals surface area (Å²) in [7, 11) is -1.52. The van der Waals surface area contributed by atoms with Crippen molar-refractivity contribution in [3.05, 3.63) is 47.0 Å². The molecule has 26 heavy (non-hydrogen) atoms. The molecule has 0 aliphatic heterocycles. The molecule has 0 heterocycles. The molecule has 7 nitrogen and oxygen atoms in total. The summed E-state index contributed by atoms with van der Waals surface area (Å²) >= 11 is 6.06. The molecule has 0 radical (unpaired) electrons. The topological polar surface area (TPSA) is 96.0 Å². The number of ether oxygens (including phenoxy) is 2. The fraction of sp³-hybridized carbons (Fsp3) is 0.235. The van der Waals surface area contributed by atoms with Crippen LogP contribution in [0.5, 0.6) is 11.5 Å². The molecule has 0 unspecified atom stereocenters. The highest BCUT2D eigenvalue weighted by molar-refractivity contribution is 7.93. The van der Waals surface area contributed by atoms with Gasteiger partial charge in [0.25, 0.3) is 10.0 Å². The zero-order chi connectivity index (χ0) is 19.5. The first-order chi connectivity index (χ1) is 12.2. The number of benzene rings is 2. The lowest BCUT2D eigenvalue weighted by atomic mass is 10.2. The molecule has 2 aromatic rings. The van der Waals surface area contributed by atoms with Gasteiger partial charge in [0.2, 0.25) is 0 Å². The Balaban J connectivity index is 2.64. The van der Waals surface area contributed by atoms with Crippen molar-refractivity contribution in [1.29, 1.82) is 0 Å². The maximum absolute atomic E-state index is 13.1. The number of methoxy groups -OCH3 is 2. The molecule has 0 N–H and O–H groups in total. The van der Waals surface area contributed by atoms with Crippen molar-refractivity contribution in [2.24, 2.45) is 0 Å². The lowest BCUT2D eigenvalue weighted by Crippen LogP contribution is -2.41. The molecule has 0 aliphatic rings. The van der Waals surface area contributed by atoms with Gasteiger partial charge in [-0.1, -0.05) is 17.7 Å². The van der Waals surface area contributed by atoms with E-state index in [0.29, 0.717) is 15.6 Å². The van der Waals surface area contributed by atoms with E-state index in [1.165, 1.54) is 44.6 Å². The molecular formula is C17H17ClNO6S-. The summed E-state index contributed by atoms with van der Waals surface area (Å²) in [6.07, 6.45) is 0. The summed E-state index contributed by atoms with van der Waals surface area (Å²) in [6.45, 7) is 0.827. The molecule has 0 saturated heterocycles.